The van der Waals surface area contributed by atoms with E-state index in [-0.39, 0.29) is 6.04 Å². The highest BCUT2D eigenvalue weighted by molar-refractivity contribution is 5.59. The molecule has 0 saturated carbocycles. The third kappa shape index (κ3) is 2.56. The van der Waals surface area contributed by atoms with Crippen LogP contribution in [0.1, 0.15) is 31.6 Å². The van der Waals surface area contributed by atoms with Gasteiger partial charge in [0.25, 0.3) is 0 Å². The van der Waals surface area contributed by atoms with Gasteiger partial charge in [0.2, 0.25) is 0 Å². The summed E-state index contributed by atoms with van der Waals surface area (Å²) in [6.45, 7) is 2.03. The average Bonchev–Trinajstić information content (AvgIpc) is 2.78. The molecule has 0 aliphatic heterocycles. The van der Waals surface area contributed by atoms with Gasteiger partial charge < -0.3 is 10.7 Å². The molecule has 0 bridgehead atoms. The molecule has 1 atom stereocenters. The van der Waals surface area contributed by atoms with Crippen molar-refractivity contribution >= 4 is 0 Å². The number of hydrogen-bond donors (Lipinski definition) is 2. The molecule has 0 saturated heterocycles. The second-order valence-electron chi connectivity index (χ2n) is 4.20. The zero-order chi connectivity index (χ0) is 13.1. The molecule has 1 heterocycles. The first-order valence-corrected chi connectivity index (χ1v) is 5.87. The van der Waals surface area contributed by atoms with Crippen LogP contribution in [0.3, 0.4) is 0 Å². The predicted molar refractivity (Wildman–Crippen MR) is 65.8 cm³/mol. The van der Waals surface area contributed by atoms with Crippen LogP contribution in [0.25, 0.3) is 11.3 Å². The summed E-state index contributed by atoms with van der Waals surface area (Å²) in [5, 5.41) is 0. The van der Waals surface area contributed by atoms with Crippen LogP contribution >= 0.6 is 0 Å². The first-order chi connectivity index (χ1) is 8.61. The molecule has 1 aromatic carbocycles. The molecule has 0 amide bonds. The second-order valence-corrected chi connectivity index (χ2v) is 4.20. The Labute approximate surface area is 104 Å². The number of nitrogens with one attached hydrogen (secondary N) is 1. The van der Waals surface area contributed by atoms with Gasteiger partial charge in [-0.05, 0) is 18.6 Å². The lowest BCUT2D eigenvalue weighted by Crippen LogP contribution is -2.11. The van der Waals surface area contributed by atoms with Crippen LogP contribution in [0.15, 0.2) is 24.4 Å². The van der Waals surface area contributed by atoms with Gasteiger partial charge in [0, 0.05) is 11.6 Å². The van der Waals surface area contributed by atoms with E-state index in [1.165, 1.54) is 18.3 Å². The zero-order valence-corrected chi connectivity index (χ0v) is 10.1. The summed E-state index contributed by atoms with van der Waals surface area (Å²) in [4.78, 5) is 7.11. The van der Waals surface area contributed by atoms with Crippen molar-refractivity contribution < 1.29 is 8.78 Å². The van der Waals surface area contributed by atoms with Gasteiger partial charge >= 0.3 is 0 Å². The van der Waals surface area contributed by atoms with Crippen molar-refractivity contribution in [2.75, 3.05) is 0 Å². The van der Waals surface area contributed by atoms with Crippen molar-refractivity contribution in [3.8, 4) is 11.3 Å². The van der Waals surface area contributed by atoms with Gasteiger partial charge in [-0.15, -0.1) is 0 Å². The van der Waals surface area contributed by atoms with Crippen LogP contribution in [-0.4, -0.2) is 9.97 Å². The maximum Gasteiger partial charge on any atom is 0.135 e. The first-order valence-electron chi connectivity index (χ1n) is 5.87. The summed E-state index contributed by atoms with van der Waals surface area (Å²) in [7, 11) is 0. The van der Waals surface area contributed by atoms with Crippen LogP contribution in [0.4, 0.5) is 8.78 Å². The highest BCUT2D eigenvalue weighted by atomic mass is 19.1. The maximum absolute atomic E-state index is 13.6. The van der Waals surface area contributed by atoms with Crippen LogP contribution in [-0.2, 0) is 0 Å². The van der Waals surface area contributed by atoms with Crippen molar-refractivity contribution in [2.24, 2.45) is 5.73 Å². The van der Waals surface area contributed by atoms with Gasteiger partial charge in [0.1, 0.15) is 17.5 Å². The molecule has 1 unspecified atom stereocenters. The lowest BCUT2D eigenvalue weighted by atomic mass is 10.1. The minimum Gasteiger partial charge on any atom is -0.341 e. The largest absolute Gasteiger partial charge is 0.341 e. The van der Waals surface area contributed by atoms with E-state index in [1.807, 2.05) is 6.92 Å². The molecule has 96 valence electrons. The number of nitrogens with zero attached hydrogens (tertiary/aromatic N) is 1. The topological polar surface area (TPSA) is 54.7 Å². The molecule has 2 aromatic rings. The summed E-state index contributed by atoms with van der Waals surface area (Å²) in [6.07, 6.45) is 3.27. The fraction of sp³-hybridized carbons (Fsp3) is 0.308. The predicted octanol–water partition coefficient (Wildman–Crippen LogP) is 3.15. The van der Waals surface area contributed by atoms with E-state index < -0.39 is 11.6 Å². The van der Waals surface area contributed by atoms with Crippen molar-refractivity contribution in [2.45, 2.75) is 25.8 Å². The molecule has 0 spiro atoms. The van der Waals surface area contributed by atoms with E-state index in [2.05, 4.69) is 9.97 Å². The third-order valence-corrected chi connectivity index (χ3v) is 2.77. The highest BCUT2D eigenvalue weighted by Crippen LogP contribution is 2.23. The molecule has 2 rings (SSSR count). The number of H-pyrrole nitrogens is 1. The second kappa shape index (κ2) is 5.27. The number of aromatic nitrogens is 2. The molecule has 5 heteroatoms. The van der Waals surface area contributed by atoms with E-state index in [1.54, 1.807) is 0 Å². The maximum atomic E-state index is 13.6. The third-order valence-electron chi connectivity index (χ3n) is 2.77. The number of aromatic amines is 1. The lowest BCUT2D eigenvalue weighted by Gasteiger charge is -2.06. The summed E-state index contributed by atoms with van der Waals surface area (Å²) >= 11 is 0. The molecular formula is C13H15F2N3. The fourth-order valence-electron chi connectivity index (χ4n) is 1.82. The van der Waals surface area contributed by atoms with Crippen molar-refractivity contribution in [1.29, 1.82) is 0 Å². The quantitative estimate of drug-likeness (QED) is 0.877. The number of imidazole rings is 1. The fourth-order valence-corrected chi connectivity index (χ4v) is 1.82. The first kappa shape index (κ1) is 12.7. The summed E-state index contributed by atoms with van der Waals surface area (Å²) in [6, 6.07) is 3.26. The minimum atomic E-state index is -0.616. The monoisotopic (exact) mass is 251 g/mol. The number of nitrogens with two attached hydrogens (primary N) is 1. The number of rotatable bonds is 4. The van der Waals surface area contributed by atoms with E-state index >= 15 is 0 Å². The van der Waals surface area contributed by atoms with Crippen LogP contribution in [0, 0.1) is 11.6 Å². The summed E-state index contributed by atoms with van der Waals surface area (Å²) < 4.78 is 26.4. The van der Waals surface area contributed by atoms with E-state index in [4.69, 9.17) is 5.73 Å². The Morgan fingerprint density at radius 2 is 2.17 bits per heavy atom. The van der Waals surface area contributed by atoms with Gasteiger partial charge in [-0.25, -0.2) is 13.8 Å². The Hall–Kier alpha value is -1.75. The average molecular weight is 251 g/mol. The summed E-state index contributed by atoms with van der Waals surface area (Å²) in [5.74, 6) is -0.594. The van der Waals surface area contributed by atoms with Gasteiger partial charge in [-0.3, -0.25) is 0 Å². The van der Waals surface area contributed by atoms with Gasteiger partial charge in [-0.1, -0.05) is 13.3 Å². The molecule has 0 aliphatic rings. The SMILES string of the molecule is CCCC(N)c1ncc(-c2ccc(F)cc2F)[nH]1. The van der Waals surface area contributed by atoms with Gasteiger partial charge in [0.15, 0.2) is 0 Å². The number of hydrogen-bond acceptors (Lipinski definition) is 2. The normalized spacial score (nSPS) is 12.7. The van der Waals surface area contributed by atoms with Crippen molar-refractivity contribution in [1.82, 2.24) is 9.97 Å². The Morgan fingerprint density at radius 3 is 2.83 bits per heavy atom. The molecular weight excluding hydrogens is 236 g/mol. The molecule has 3 N–H and O–H groups in total. The Morgan fingerprint density at radius 1 is 1.39 bits per heavy atom. The standard InChI is InChI=1S/C13H15F2N3/c1-2-3-11(16)13-17-7-12(18-13)9-5-4-8(14)6-10(9)15/h4-7,11H,2-3,16H2,1H3,(H,17,18). The summed E-state index contributed by atoms with van der Waals surface area (Å²) in [5.41, 5.74) is 6.71. The van der Waals surface area contributed by atoms with E-state index in [0.717, 1.165) is 18.9 Å². The van der Waals surface area contributed by atoms with Crippen molar-refractivity contribution in [3.05, 3.63) is 41.9 Å². The molecule has 0 fully saturated rings. The van der Waals surface area contributed by atoms with Gasteiger partial charge in [0.05, 0.1) is 17.9 Å². The Bertz CT molecular complexity index is 537. The van der Waals surface area contributed by atoms with Crippen LogP contribution in [0.5, 0.6) is 0 Å². The minimum absolute atomic E-state index is 0.188. The molecule has 0 aliphatic carbocycles. The number of benzene rings is 1. The highest BCUT2D eigenvalue weighted by Gasteiger charge is 2.12. The molecule has 18 heavy (non-hydrogen) atoms. The molecule has 0 radical (unpaired) electrons. The van der Waals surface area contributed by atoms with Crippen molar-refractivity contribution in [3.63, 3.8) is 0 Å². The van der Waals surface area contributed by atoms with E-state index in [0.29, 0.717) is 17.1 Å². The van der Waals surface area contributed by atoms with E-state index in [9.17, 15) is 8.78 Å². The number of halogens is 2. The molecule has 3 nitrogen and oxygen atoms in total. The lowest BCUT2D eigenvalue weighted by molar-refractivity contribution is 0.585. The Kier molecular flexibility index (Phi) is 3.72. The molecule has 1 aromatic heterocycles. The van der Waals surface area contributed by atoms with Gasteiger partial charge in [-0.2, -0.15) is 0 Å². The smallest absolute Gasteiger partial charge is 0.135 e. The van der Waals surface area contributed by atoms with Crippen LogP contribution in [0.2, 0.25) is 0 Å². The Balaban J connectivity index is 2.29. The zero-order valence-electron chi connectivity index (χ0n) is 10.1. The van der Waals surface area contributed by atoms with Crippen LogP contribution < -0.4 is 5.73 Å².